The summed E-state index contributed by atoms with van der Waals surface area (Å²) in [6.07, 6.45) is -0.139. The molecule has 2 aromatic rings. The van der Waals surface area contributed by atoms with Crippen molar-refractivity contribution in [3.05, 3.63) is 58.1 Å². The Bertz CT molecular complexity index is 1260. The van der Waals surface area contributed by atoms with E-state index in [4.69, 9.17) is 22.1 Å². The van der Waals surface area contributed by atoms with Gasteiger partial charge in [0.2, 0.25) is 23.3 Å². The van der Waals surface area contributed by atoms with Crippen molar-refractivity contribution in [1.82, 2.24) is 4.90 Å². The summed E-state index contributed by atoms with van der Waals surface area (Å²) < 4.78 is 5.38. The zero-order valence-corrected chi connectivity index (χ0v) is 19.4. The lowest BCUT2D eigenvalue weighted by atomic mass is 9.76. The highest BCUT2D eigenvalue weighted by molar-refractivity contribution is 6.32. The molecule has 10 heteroatoms. The number of hydrogen-bond donors (Lipinski definition) is 3. The standard InChI is InChI=1S/C24H23ClN4O5/c1-11-14(25)8-7-13-20(11)27-23(33)24(13)19-18(15(28-24)9-17(26)30)21(31)29(22(19)32)10-12-5-3-4-6-16(12)34-2/h3-8,15,18-19,28H,9-10H2,1-2H3,(H2,26,30)(H,27,33)/p+1/t15-,18-,19+,24+/m1/s1. The summed E-state index contributed by atoms with van der Waals surface area (Å²) in [6.45, 7) is 1.78. The molecule has 9 nitrogen and oxygen atoms in total. The van der Waals surface area contributed by atoms with E-state index in [-0.39, 0.29) is 13.0 Å². The van der Waals surface area contributed by atoms with Gasteiger partial charge in [-0.05, 0) is 30.7 Å². The number of amides is 4. The largest absolute Gasteiger partial charge is 0.496 e. The smallest absolute Gasteiger partial charge is 0.291 e. The lowest BCUT2D eigenvalue weighted by Gasteiger charge is -2.26. The number of hydrogen-bond acceptors (Lipinski definition) is 5. The third kappa shape index (κ3) is 2.97. The van der Waals surface area contributed by atoms with Crippen LogP contribution in [-0.2, 0) is 31.3 Å². The number of carbonyl (C=O) groups is 4. The van der Waals surface area contributed by atoms with Crippen LogP contribution in [0.3, 0.4) is 0 Å². The van der Waals surface area contributed by atoms with Crippen molar-refractivity contribution >= 4 is 40.9 Å². The van der Waals surface area contributed by atoms with Crippen molar-refractivity contribution in [2.24, 2.45) is 17.6 Å². The van der Waals surface area contributed by atoms with Crippen molar-refractivity contribution in [3.8, 4) is 5.75 Å². The first kappa shape index (κ1) is 22.4. The second-order valence-corrected chi connectivity index (χ2v) is 9.40. The van der Waals surface area contributed by atoms with Gasteiger partial charge in [0.05, 0.1) is 25.8 Å². The van der Waals surface area contributed by atoms with E-state index < -0.39 is 47.0 Å². The van der Waals surface area contributed by atoms with Gasteiger partial charge in [0.1, 0.15) is 23.6 Å². The van der Waals surface area contributed by atoms with Crippen LogP contribution < -0.4 is 21.1 Å². The fourth-order valence-electron chi connectivity index (χ4n) is 5.79. The number of rotatable bonds is 5. The number of fused-ring (bicyclic) bond motifs is 4. The zero-order chi connectivity index (χ0) is 24.4. The van der Waals surface area contributed by atoms with E-state index in [2.05, 4.69) is 5.32 Å². The molecule has 3 heterocycles. The summed E-state index contributed by atoms with van der Waals surface area (Å²) in [6, 6.07) is 9.85. The molecule has 0 radical (unpaired) electrons. The molecule has 176 valence electrons. The normalized spacial score (nSPS) is 27.2. The zero-order valence-electron chi connectivity index (χ0n) is 18.6. The van der Waals surface area contributed by atoms with Crippen molar-refractivity contribution in [2.45, 2.75) is 31.5 Å². The van der Waals surface area contributed by atoms with Gasteiger partial charge >= 0.3 is 0 Å². The Balaban J connectivity index is 1.62. The van der Waals surface area contributed by atoms with Gasteiger partial charge in [-0.25, -0.2) is 0 Å². The van der Waals surface area contributed by atoms with Crippen LogP contribution >= 0.6 is 11.6 Å². The maximum atomic E-state index is 13.8. The number of benzene rings is 2. The number of methoxy groups -OCH3 is 1. The average molecular weight is 484 g/mol. The van der Waals surface area contributed by atoms with Crippen LogP contribution in [-0.4, -0.2) is 41.7 Å². The molecule has 4 amide bonds. The minimum absolute atomic E-state index is 0.00216. The summed E-state index contributed by atoms with van der Waals surface area (Å²) in [4.78, 5) is 54.0. The van der Waals surface area contributed by atoms with E-state index >= 15 is 0 Å². The molecule has 0 saturated carbocycles. The number of anilines is 1. The monoisotopic (exact) mass is 483 g/mol. The molecule has 2 aromatic carbocycles. The van der Waals surface area contributed by atoms with E-state index in [9.17, 15) is 19.2 Å². The predicted octanol–water partition coefficient (Wildman–Crippen LogP) is 0.427. The summed E-state index contributed by atoms with van der Waals surface area (Å²) in [5, 5.41) is 5.03. The number of likely N-dealkylation sites (tertiary alicyclic amines) is 1. The topological polar surface area (TPSA) is 135 Å². The van der Waals surface area contributed by atoms with Gasteiger partial charge in [-0.2, -0.15) is 0 Å². The minimum Gasteiger partial charge on any atom is -0.496 e. The number of nitrogens with zero attached hydrogens (tertiary/aromatic N) is 1. The molecule has 0 aromatic heterocycles. The highest BCUT2D eigenvalue weighted by Crippen LogP contribution is 2.51. The van der Waals surface area contributed by atoms with Crippen molar-refractivity contribution < 1.29 is 29.2 Å². The first-order chi connectivity index (χ1) is 16.2. The number of primary amides is 1. The number of carbonyl (C=O) groups excluding carboxylic acids is 4. The van der Waals surface area contributed by atoms with Crippen molar-refractivity contribution in [2.75, 3.05) is 12.4 Å². The molecule has 2 fully saturated rings. The van der Waals surface area contributed by atoms with Crippen LogP contribution in [0.2, 0.25) is 5.02 Å². The van der Waals surface area contributed by atoms with E-state index in [0.29, 0.717) is 33.1 Å². The number of para-hydroxylation sites is 1. The molecule has 4 atom stereocenters. The number of halogens is 1. The highest BCUT2D eigenvalue weighted by atomic mass is 35.5. The number of imide groups is 1. The van der Waals surface area contributed by atoms with Crippen LogP contribution in [0.5, 0.6) is 5.75 Å². The Kier molecular flexibility index (Phi) is 5.14. The Labute approximate surface area is 200 Å². The second-order valence-electron chi connectivity index (χ2n) is 9.00. The van der Waals surface area contributed by atoms with E-state index in [1.165, 1.54) is 12.0 Å². The Morgan fingerprint density at radius 3 is 2.65 bits per heavy atom. The van der Waals surface area contributed by atoms with Gasteiger partial charge in [-0.1, -0.05) is 29.8 Å². The molecular weight excluding hydrogens is 460 g/mol. The Morgan fingerprint density at radius 1 is 1.21 bits per heavy atom. The highest BCUT2D eigenvalue weighted by Gasteiger charge is 2.74. The molecule has 1 spiro atoms. The Hall–Kier alpha value is -3.43. The number of quaternary nitrogens is 1. The number of nitrogens with one attached hydrogen (secondary N) is 1. The van der Waals surface area contributed by atoms with Crippen molar-refractivity contribution in [3.63, 3.8) is 0 Å². The molecule has 2 saturated heterocycles. The molecular formula is C24H24ClN4O5+. The lowest BCUT2D eigenvalue weighted by molar-refractivity contribution is -0.732. The number of nitrogens with two attached hydrogens (primary N) is 2. The van der Waals surface area contributed by atoms with E-state index in [0.717, 1.165) is 0 Å². The summed E-state index contributed by atoms with van der Waals surface area (Å²) >= 11 is 6.27. The molecule has 0 bridgehead atoms. The van der Waals surface area contributed by atoms with Crippen LogP contribution in [0.1, 0.15) is 23.1 Å². The minimum atomic E-state index is -1.39. The van der Waals surface area contributed by atoms with Crippen LogP contribution in [0.25, 0.3) is 0 Å². The molecule has 5 rings (SSSR count). The molecule has 0 unspecified atom stereocenters. The summed E-state index contributed by atoms with van der Waals surface area (Å²) in [5.74, 6) is -3.21. The first-order valence-electron chi connectivity index (χ1n) is 10.9. The predicted molar refractivity (Wildman–Crippen MR) is 122 cm³/mol. The van der Waals surface area contributed by atoms with E-state index in [1.807, 2.05) is 0 Å². The van der Waals surface area contributed by atoms with Gasteiger partial charge < -0.3 is 21.1 Å². The third-order valence-electron chi connectivity index (χ3n) is 7.29. The van der Waals surface area contributed by atoms with Gasteiger partial charge in [-0.15, -0.1) is 0 Å². The molecule has 5 N–H and O–H groups in total. The van der Waals surface area contributed by atoms with Gasteiger partial charge in [0.15, 0.2) is 0 Å². The van der Waals surface area contributed by atoms with E-state index in [1.54, 1.807) is 48.6 Å². The van der Waals surface area contributed by atoms with Gasteiger partial charge in [0.25, 0.3) is 5.91 Å². The van der Waals surface area contributed by atoms with Crippen molar-refractivity contribution in [1.29, 1.82) is 0 Å². The first-order valence-corrected chi connectivity index (χ1v) is 11.3. The maximum absolute atomic E-state index is 13.8. The SMILES string of the molecule is COc1ccccc1CN1C(=O)[C@H]2[C@@H](C1=O)[C@]1([NH2+][C@@H]2CC(N)=O)C(=O)Nc2c1ccc(Cl)c2C. The fourth-order valence-corrected chi connectivity index (χ4v) is 5.95. The van der Waals surface area contributed by atoms with Gasteiger partial charge in [0, 0.05) is 16.1 Å². The number of ether oxygens (including phenoxy) is 1. The third-order valence-corrected chi connectivity index (χ3v) is 7.70. The van der Waals surface area contributed by atoms with Crippen LogP contribution in [0.15, 0.2) is 36.4 Å². The summed E-state index contributed by atoms with van der Waals surface area (Å²) in [5.41, 5.74) is 6.56. The Morgan fingerprint density at radius 2 is 1.94 bits per heavy atom. The fraction of sp³-hybridized carbons (Fsp3) is 0.333. The van der Waals surface area contributed by atoms with Crippen LogP contribution in [0.4, 0.5) is 5.69 Å². The molecule has 0 aliphatic carbocycles. The lowest BCUT2D eigenvalue weighted by Crippen LogP contribution is -2.99. The summed E-state index contributed by atoms with van der Waals surface area (Å²) in [7, 11) is 1.52. The molecule has 34 heavy (non-hydrogen) atoms. The molecule has 3 aliphatic rings. The quantitative estimate of drug-likeness (QED) is 0.530. The maximum Gasteiger partial charge on any atom is 0.291 e. The van der Waals surface area contributed by atoms with Gasteiger partial charge in [-0.3, -0.25) is 24.1 Å². The second kappa shape index (κ2) is 7.82. The van der Waals surface area contributed by atoms with Crippen LogP contribution in [0, 0.1) is 18.8 Å². The molecule has 3 aliphatic heterocycles. The average Bonchev–Trinajstić information content (AvgIpc) is 3.37.